The molecule has 144 valence electrons. The molecule has 1 aliphatic carbocycles. The van der Waals surface area contributed by atoms with Crippen LogP contribution in [0.1, 0.15) is 38.5 Å². The second-order valence-electron chi connectivity index (χ2n) is 7.28. The molecule has 0 aliphatic heterocycles. The van der Waals surface area contributed by atoms with Crippen LogP contribution in [0.15, 0.2) is 59.6 Å². The van der Waals surface area contributed by atoms with E-state index in [0.29, 0.717) is 17.6 Å². The Hall–Kier alpha value is -2.40. The Balaban J connectivity index is 1.51. The van der Waals surface area contributed by atoms with Crippen molar-refractivity contribution < 1.29 is 4.79 Å². The monoisotopic (exact) mass is 391 g/mol. The Labute approximate surface area is 170 Å². The van der Waals surface area contributed by atoms with Crippen LogP contribution in [-0.2, 0) is 4.79 Å². The molecule has 4 rings (SSSR count). The fraction of sp³-hybridized carbons (Fsp3) is 0.348. The molecule has 1 fully saturated rings. The fourth-order valence-electron chi connectivity index (χ4n) is 3.70. The Bertz CT molecular complexity index is 937. The van der Waals surface area contributed by atoms with E-state index in [0.717, 1.165) is 34.3 Å². The van der Waals surface area contributed by atoms with Gasteiger partial charge in [-0.1, -0.05) is 86.0 Å². The Morgan fingerprint density at radius 3 is 2.43 bits per heavy atom. The lowest BCUT2D eigenvalue weighted by Gasteiger charge is -2.16. The first kappa shape index (κ1) is 18.9. The maximum Gasteiger partial charge on any atom is 0.230 e. The average molecular weight is 392 g/mol. The summed E-state index contributed by atoms with van der Waals surface area (Å²) in [5.41, 5.74) is 1.89. The Morgan fingerprint density at radius 2 is 1.64 bits per heavy atom. The van der Waals surface area contributed by atoms with E-state index in [1.807, 2.05) is 54.6 Å². The second-order valence-corrected chi connectivity index (χ2v) is 8.24. The maximum absolute atomic E-state index is 12.5. The van der Waals surface area contributed by atoms with Crippen molar-refractivity contribution in [1.82, 2.24) is 15.3 Å². The number of rotatable bonds is 5. The first-order valence-electron chi connectivity index (χ1n) is 10.0. The highest BCUT2D eigenvalue weighted by molar-refractivity contribution is 8.00. The van der Waals surface area contributed by atoms with Crippen molar-refractivity contribution in [3.05, 3.63) is 54.6 Å². The third-order valence-electron chi connectivity index (χ3n) is 5.16. The predicted molar refractivity (Wildman–Crippen MR) is 115 cm³/mol. The third-order valence-corrected chi connectivity index (χ3v) is 6.15. The lowest BCUT2D eigenvalue weighted by molar-refractivity contribution is -0.119. The van der Waals surface area contributed by atoms with Crippen LogP contribution in [0.2, 0.25) is 0 Å². The van der Waals surface area contributed by atoms with Crippen LogP contribution < -0.4 is 5.32 Å². The number of thioether (sulfide) groups is 1. The Kier molecular flexibility index (Phi) is 6.22. The van der Waals surface area contributed by atoms with Crippen molar-refractivity contribution in [2.75, 3.05) is 5.75 Å². The SMILES string of the molecule is O=C(CSc1nc(-c2ccccc2)nc2ccccc12)NC1CCCCCC1. The number of amides is 1. The molecule has 0 spiro atoms. The molecule has 1 aliphatic rings. The highest BCUT2D eigenvalue weighted by atomic mass is 32.2. The van der Waals surface area contributed by atoms with Gasteiger partial charge in [0.1, 0.15) is 5.03 Å². The Morgan fingerprint density at radius 1 is 0.929 bits per heavy atom. The topological polar surface area (TPSA) is 54.9 Å². The number of aromatic nitrogens is 2. The van der Waals surface area contributed by atoms with E-state index in [-0.39, 0.29) is 5.91 Å². The van der Waals surface area contributed by atoms with Gasteiger partial charge < -0.3 is 5.32 Å². The molecule has 4 nitrogen and oxygen atoms in total. The van der Waals surface area contributed by atoms with E-state index in [1.54, 1.807) is 0 Å². The van der Waals surface area contributed by atoms with Gasteiger partial charge in [0.25, 0.3) is 0 Å². The van der Waals surface area contributed by atoms with Gasteiger partial charge in [0.05, 0.1) is 11.3 Å². The van der Waals surface area contributed by atoms with Gasteiger partial charge >= 0.3 is 0 Å². The summed E-state index contributed by atoms with van der Waals surface area (Å²) in [7, 11) is 0. The number of hydrogen-bond donors (Lipinski definition) is 1. The lowest BCUT2D eigenvalue weighted by Crippen LogP contribution is -2.35. The van der Waals surface area contributed by atoms with Crippen LogP contribution in [0.25, 0.3) is 22.3 Å². The van der Waals surface area contributed by atoms with Crippen molar-refractivity contribution in [3.8, 4) is 11.4 Å². The molecule has 28 heavy (non-hydrogen) atoms. The van der Waals surface area contributed by atoms with E-state index in [4.69, 9.17) is 9.97 Å². The van der Waals surface area contributed by atoms with Crippen molar-refractivity contribution in [2.45, 2.75) is 49.6 Å². The summed E-state index contributed by atoms with van der Waals surface area (Å²) in [5, 5.41) is 5.08. The van der Waals surface area contributed by atoms with Crippen molar-refractivity contribution >= 4 is 28.6 Å². The van der Waals surface area contributed by atoms with Crippen molar-refractivity contribution in [2.24, 2.45) is 0 Å². The fourth-order valence-corrected chi connectivity index (χ4v) is 4.53. The first-order valence-corrected chi connectivity index (χ1v) is 11.0. The molecule has 0 atom stereocenters. The molecule has 0 radical (unpaired) electrons. The van der Waals surface area contributed by atoms with Crippen LogP contribution >= 0.6 is 11.8 Å². The van der Waals surface area contributed by atoms with Gasteiger partial charge in [-0.15, -0.1) is 0 Å². The highest BCUT2D eigenvalue weighted by Gasteiger charge is 2.16. The molecule has 0 saturated heterocycles. The number of carbonyl (C=O) groups excluding carboxylic acids is 1. The smallest absolute Gasteiger partial charge is 0.230 e. The summed E-state index contributed by atoms with van der Waals surface area (Å²) in [5.74, 6) is 1.18. The standard InChI is InChI=1S/C23H25N3OS/c27-21(24-18-12-6-1-2-7-13-18)16-28-23-19-14-8-9-15-20(19)25-22(26-23)17-10-4-3-5-11-17/h3-5,8-11,14-15,18H,1-2,6-7,12-13,16H2,(H,24,27). The normalized spacial score (nSPS) is 15.3. The van der Waals surface area contributed by atoms with Gasteiger partial charge in [-0.25, -0.2) is 9.97 Å². The van der Waals surface area contributed by atoms with Crippen LogP contribution in [0.5, 0.6) is 0 Å². The van der Waals surface area contributed by atoms with Crippen molar-refractivity contribution in [3.63, 3.8) is 0 Å². The number of nitrogens with one attached hydrogen (secondary N) is 1. The minimum Gasteiger partial charge on any atom is -0.353 e. The lowest BCUT2D eigenvalue weighted by atomic mass is 10.1. The summed E-state index contributed by atoms with van der Waals surface area (Å²) in [6, 6.07) is 18.3. The average Bonchev–Trinajstić information content (AvgIpc) is 3.01. The minimum atomic E-state index is 0.0980. The van der Waals surface area contributed by atoms with E-state index >= 15 is 0 Å². The molecule has 1 aromatic heterocycles. The van der Waals surface area contributed by atoms with E-state index < -0.39 is 0 Å². The summed E-state index contributed by atoms with van der Waals surface area (Å²) in [4.78, 5) is 22.0. The van der Waals surface area contributed by atoms with Crippen LogP contribution in [-0.4, -0.2) is 27.7 Å². The predicted octanol–water partition coefficient (Wildman–Crippen LogP) is 5.23. The van der Waals surface area contributed by atoms with Crippen molar-refractivity contribution in [1.29, 1.82) is 0 Å². The van der Waals surface area contributed by atoms with Gasteiger partial charge in [0.2, 0.25) is 5.91 Å². The first-order chi connectivity index (χ1) is 13.8. The third kappa shape index (κ3) is 4.71. The minimum absolute atomic E-state index is 0.0980. The molecule has 1 heterocycles. The molecule has 1 N–H and O–H groups in total. The molecule has 2 aromatic carbocycles. The molecule has 3 aromatic rings. The van der Waals surface area contributed by atoms with Gasteiger partial charge in [0.15, 0.2) is 5.82 Å². The largest absolute Gasteiger partial charge is 0.353 e. The zero-order valence-electron chi connectivity index (χ0n) is 15.9. The van der Waals surface area contributed by atoms with E-state index in [2.05, 4.69) is 5.32 Å². The molecule has 5 heteroatoms. The van der Waals surface area contributed by atoms with Gasteiger partial charge in [-0.05, 0) is 18.9 Å². The van der Waals surface area contributed by atoms with Crippen LogP contribution in [0.3, 0.4) is 0 Å². The molecule has 0 bridgehead atoms. The summed E-state index contributed by atoms with van der Waals surface area (Å²) in [6.07, 6.45) is 7.22. The quantitative estimate of drug-likeness (QED) is 0.368. The number of nitrogens with zero attached hydrogens (tertiary/aromatic N) is 2. The van der Waals surface area contributed by atoms with E-state index in [9.17, 15) is 4.79 Å². The van der Waals surface area contributed by atoms with Gasteiger partial charge in [-0.3, -0.25) is 4.79 Å². The molecule has 1 saturated carbocycles. The number of hydrogen-bond acceptors (Lipinski definition) is 4. The summed E-state index contributed by atoms with van der Waals surface area (Å²) in [6.45, 7) is 0. The zero-order valence-corrected chi connectivity index (χ0v) is 16.8. The van der Waals surface area contributed by atoms with Gasteiger partial charge in [0, 0.05) is 17.0 Å². The molecular formula is C23H25N3OS. The number of benzene rings is 2. The number of carbonyl (C=O) groups is 1. The van der Waals surface area contributed by atoms with Gasteiger partial charge in [-0.2, -0.15) is 0 Å². The number of para-hydroxylation sites is 1. The second kappa shape index (κ2) is 9.20. The zero-order chi connectivity index (χ0) is 19.2. The van der Waals surface area contributed by atoms with Crippen LogP contribution in [0.4, 0.5) is 0 Å². The summed E-state index contributed by atoms with van der Waals surface area (Å²) < 4.78 is 0. The molecular weight excluding hydrogens is 366 g/mol. The molecule has 1 amide bonds. The summed E-state index contributed by atoms with van der Waals surface area (Å²) >= 11 is 1.50. The van der Waals surface area contributed by atoms with Crippen LogP contribution in [0, 0.1) is 0 Å². The molecule has 0 unspecified atom stereocenters. The van der Waals surface area contributed by atoms with E-state index in [1.165, 1.54) is 37.4 Å². The number of fused-ring (bicyclic) bond motifs is 1. The maximum atomic E-state index is 12.5. The highest BCUT2D eigenvalue weighted by Crippen LogP contribution is 2.28.